The number of carboxylic acid groups (broad SMARTS) is 1. The first kappa shape index (κ1) is 19.4. The molecule has 3 aromatic carbocycles. The standard InChI is InChI=1S/C28H30O2/c1-26(2)11-12-27(3,4)24-17-22(9-10-23(24)26)28(13-14-28)21-8-7-18-15-20(25(29)30)6-5-19(18)16-21/h5-10,15-17H,11-14H2,1-4H3,(H,29,30). The Kier molecular flexibility index (Phi) is 4.00. The molecule has 3 aromatic rings. The van der Waals surface area contributed by atoms with Crippen molar-refractivity contribution in [3.8, 4) is 0 Å². The third kappa shape index (κ3) is 2.88. The van der Waals surface area contributed by atoms with Crippen molar-refractivity contribution in [3.63, 3.8) is 0 Å². The normalized spacial score (nSPS) is 20.5. The third-order valence-corrected chi connectivity index (χ3v) is 7.80. The lowest BCUT2D eigenvalue weighted by Gasteiger charge is -2.42. The van der Waals surface area contributed by atoms with Crippen LogP contribution in [0.2, 0.25) is 0 Å². The SMILES string of the molecule is CC1(C)CCC(C)(C)c2cc(C3(c4ccc5cc(C(=O)O)ccc5c4)CC3)ccc21. The van der Waals surface area contributed by atoms with Gasteiger partial charge in [-0.25, -0.2) is 4.79 Å². The topological polar surface area (TPSA) is 37.3 Å². The lowest BCUT2D eigenvalue weighted by atomic mass is 9.62. The van der Waals surface area contributed by atoms with Gasteiger partial charge in [0.15, 0.2) is 0 Å². The Labute approximate surface area is 178 Å². The zero-order valence-corrected chi connectivity index (χ0v) is 18.4. The van der Waals surface area contributed by atoms with Crippen LogP contribution >= 0.6 is 0 Å². The second kappa shape index (κ2) is 6.20. The van der Waals surface area contributed by atoms with Gasteiger partial charge in [-0.05, 0) is 81.7 Å². The van der Waals surface area contributed by atoms with Crippen molar-refractivity contribution in [2.45, 2.75) is 69.6 Å². The average Bonchev–Trinajstić information content (AvgIpc) is 3.52. The van der Waals surface area contributed by atoms with Crippen molar-refractivity contribution >= 4 is 16.7 Å². The summed E-state index contributed by atoms with van der Waals surface area (Å²) in [6.45, 7) is 9.53. The number of aromatic carboxylic acids is 1. The van der Waals surface area contributed by atoms with Crippen LogP contribution in [-0.4, -0.2) is 11.1 Å². The Balaban J connectivity index is 1.59. The maximum absolute atomic E-state index is 11.3. The zero-order valence-electron chi connectivity index (χ0n) is 18.4. The molecule has 5 rings (SSSR count). The Morgan fingerprint density at radius 3 is 1.93 bits per heavy atom. The number of hydrogen-bond donors (Lipinski definition) is 1. The quantitative estimate of drug-likeness (QED) is 0.517. The molecule has 1 N–H and O–H groups in total. The van der Waals surface area contributed by atoms with E-state index in [2.05, 4.69) is 64.1 Å². The van der Waals surface area contributed by atoms with Gasteiger partial charge in [0.2, 0.25) is 0 Å². The summed E-state index contributed by atoms with van der Waals surface area (Å²) >= 11 is 0. The molecule has 0 saturated heterocycles. The number of rotatable bonds is 3. The van der Waals surface area contributed by atoms with E-state index in [1.807, 2.05) is 6.07 Å². The Morgan fingerprint density at radius 1 is 0.700 bits per heavy atom. The minimum absolute atomic E-state index is 0.104. The molecule has 1 saturated carbocycles. The average molecular weight is 399 g/mol. The maximum Gasteiger partial charge on any atom is 0.335 e. The van der Waals surface area contributed by atoms with E-state index in [0.717, 1.165) is 10.8 Å². The number of benzene rings is 3. The van der Waals surface area contributed by atoms with Crippen LogP contribution in [0.25, 0.3) is 10.8 Å². The van der Waals surface area contributed by atoms with E-state index >= 15 is 0 Å². The number of fused-ring (bicyclic) bond motifs is 2. The van der Waals surface area contributed by atoms with Gasteiger partial charge in [0, 0.05) is 5.41 Å². The fourth-order valence-corrected chi connectivity index (χ4v) is 5.43. The fraction of sp³-hybridized carbons (Fsp3) is 0.393. The van der Waals surface area contributed by atoms with Gasteiger partial charge < -0.3 is 5.11 Å². The summed E-state index contributed by atoms with van der Waals surface area (Å²) in [6, 6.07) is 19.2. The van der Waals surface area contributed by atoms with Gasteiger partial charge in [-0.2, -0.15) is 0 Å². The first-order valence-electron chi connectivity index (χ1n) is 11.1. The Hall–Kier alpha value is -2.61. The summed E-state index contributed by atoms with van der Waals surface area (Å²) in [7, 11) is 0. The van der Waals surface area contributed by atoms with Crippen LogP contribution in [0.1, 0.15) is 86.0 Å². The summed E-state index contributed by atoms with van der Waals surface area (Å²) in [4.78, 5) is 11.3. The molecule has 0 bridgehead atoms. The summed E-state index contributed by atoms with van der Waals surface area (Å²) in [6.07, 6.45) is 4.81. The second-order valence-corrected chi connectivity index (χ2v) is 10.7. The van der Waals surface area contributed by atoms with Crippen molar-refractivity contribution < 1.29 is 9.90 Å². The van der Waals surface area contributed by atoms with Crippen LogP contribution in [0.4, 0.5) is 0 Å². The van der Waals surface area contributed by atoms with Crippen molar-refractivity contribution in [3.05, 3.63) is 82.4 Å². The van der Waals surface area contributed by atoms with E-state index in [9.17, 15) is 9.90 Å². The molecule has 0 unspecified atom stereocenters. The number of carboxylic acids is 1. The van der Waals surface area contributed by atoms with Crippen molar-refractivity contribution in [1.82, 2.24) is 0 Å². The van der Waals surface area contributed by atoms with Crippen LogP contribution < -0.4 is 0 Å². The first-order valence-corrected chi connectivity index (χ1v) is 11.1. The summed E-state index contributed by atoms with van der Waals surface area (Å²) in [5.41, 5.74) is 6.73. The van der Waals surface area contributed by atoms with Gasteiger partial charge in [0.05, 0.1) is 5.56 Å². The summed E-state index contributed by atoms with van der Waals surface area (Å²) in [5.74, 6) is -0.876. The van der Waals surface area contributed by atoms with Gasteiger partial charge in [-0.1, -0.05) is 70.2 Å². The van der Waals surface area contributed by atoms with Crippen molar-refractivity contribution in [2.24, 2.45) is 0 Å². The van der Waals surface area contributed by atoms with E-state index in [0.29, 0.717) is 5.56 Å². The van der Waals surface area contributed by atoms with E-state index in [4.69, 9.17) is 0 Å². The van der Waals surface area contributed by atoms with E-state index in [1.165, 1.54) is 47.9 Å². The van der Waals surface area contributed by atoms with E-state index in [-0.39, 0.29) is 16.2 Å². The predicted octanol–water partition coefficient (Wildman–Crippen LogP) is 6.97. The molecular weight excluding hydrogens is 368 g/mol. The third-order valence-electron chi connectivity index (χ3n) is 7.80. The molecule has 0 atom stereocenters. The maximum atomic E-state index is 11.3. The molecule has 2 nitrogen and oxygen atoms in total. The molecule has 2 aliphatic rings. The Bertz CT molecular complexity index is 1180. The largest absolute Gasteiger partial charge is 0.478 e. The van der Waals surface area contributed by atoms with Gasteiger partial charge in [0.1, 0.15) is 0 Å². The molecule has 2 aliphatic carbocycles. The smallest absolute Gasteiger partial charge is 0.335 e. The Morgan fingerprint density at radius 2 is 1.27 bits per heavy atom. The van der Waals surface area contributed by atoms with E-state index < -0.39 is 5.97 Å². The second-order valence-electron chi connectivity index (χ2n) is 10.7. The first-order chi connectivity index (χ1) is 14.1. The molecule has 154 valence electrons. The molecule has 0 radical (unpaired) electrons. The number of carbonyl (C=O) groups is 1. The molecule has 0 aliphatic heterocycles. The molecule has 0 spiro atoms. The summed E-state index contributed by atoms with van der Waals surface area (Å²) in [5, 5.41) is 11.4. The van der Waals surface area contributed by atoms with Crippen LogP contribution in [-0.2, 0) is 16.2 Å². The lowest BCUT2D eigenvalue weighted by molar-refractivity contribution is 0.0697. The van der Waals surface area contributed by atoms with Crippen LogP contribution in [0, 0.1) is 0 Å². The molecule has 30 heavy (non-hydrogen) atoms. The molecule has 0 heterocycles. The minimum atomic E-state index is -0.876. The fourth-order valence-electron chi connectivity index (χ4n) is 5.43. The van der Waals surface area contributed by atoms with Gasteiger partial charge >= 0.3 is 5.97 Å². The molecule has 2 heteroatoms. The predicted molar refractivity (Wildman–Crippen MR) is 123 cm³/mol. The van der Waals surface area contributed by atoms with E-state index in [1.54, 1.807) is 12.1 Å². The van der Waals surface area contributed by atoms with Gasteiger partial charge in [0.25, 0.3) is 0 Å². The number of hydrogen-bond acceptors (Lipinski definition) is 1. The van der Waals surface area contributed by atoms with Crippen LogP contribution in [0.15, 0.2) is 54.6 Å². The zero-order chi connectivity index (χ0) is 21.3. The van der Waals surface area contributed by atoms with Crippen molar-refractivity contribution in [2.75, 3.05) is 0 Å². The molecule has 1 fully saturated rings. The monoisotopic (exact) mass is 398 g/mol. The molecule has 0 amide bonds. The minimum Gasteiger partial charge on any atom is -0.478 e. The van der Waals surface area contributed by atoms with Crippen molar-refractivity contribution in [1.29, 1.82) is 0 Å². The highest BCUT2D eigenvalue weighted by molar-refractivity contribution is 5.94. The summed E-state index contributed by atoms with van der Waals surface area (Å²) < 4.78 is 0. The lowest BCUT2D eigenvalue weighted by Crippen LogP contribution is -2.34. The van der Waals surface area contributed by atoms with Crippen LogP contribution in [0.5, 0.6) is 0 Å². The van der Waals surface area contributed by atoms with Crippen LogP contribution in [0.3, 0.4) is 0 Å². The van der Waals surface area contributed by atoms with Gasteiger partial charge in [-0.15, -0.1) is 0 Å². The highest BCUT2D eigenvalue weighted by atomic mass is 16.4. The molecular formula is C28H30O2. The highest BCUT2D eigenvalue weighted by Crippen LogP contribution is 2.56. The van der Waals surface area contributed by atoms with Gasteiger partial charge in [-0.3, -0.25) is 0 Å². The highest BCUT2D eigenvalue weighted by Gasteiger charge is 2.47. The molecule has 0 aromatic heterocycles.